The summed E-state index contributed by atoms with van der Waals surface area (Å²) in [5.74, 6) is 0. The Balaban J connectivity index is 1.81. The Morgan fingerprint density at radius 2 is 2.50 bits per heavy atom. The molecule has 2 heterocycles. The molecule has 3 rings (SSSR count). The van der Waals surface area contributed by atoms with Crippen molar-refractivity contribution in [3.63, 3.8) is 0 Å². The van der Waals surface area contributed by atoms with Gasteiger partial charge in [-0.15, -0.1) is 11.3 Å². The molecule has 0 spiro atoms. The zero-order valence-electron chi connectivity index (χ0n) is 9.69. The minimum absolute atomic E-state index is 0.410. The quantitative estimate of drug-likeness (QED) is 0.784. The predicted octanol–water partition coefficient (Wildman–Crippen LogP) is 1.72. The zero-order valence-corrected chi connectivity index (χ0v) is 10.5. The molecule has 2 aliphatic rings. The molecule has 0 radical (unpaired) electrons. The molecule has 2 atom stereocenters. The molecule has 1 aliphatic heterocycles. The summed E-state index contributed by atoms with van der Waals surface area (Å²) in [6.45, 7) is 5.44. The van der Waals surface area contributed by atoms with Crippen LogP contribution in [-0.2, 0) is 17.6 Å². The molecule has 88 valence electrons. The minimum Gasteiger partial charge on any atom is -0.375 e. The van der Waals surface area contributed by atoms with Gasteiger partial charge in [0.2, 0.25) is 0 Å². The summed E-state index contributed by atoms with van der Waals surface area (Å²) in [4.78, 5) is 8.52. The van der Waals surface area contributed by atoms with Gasteiger partial charge < -0.3 is 4.74 Å². The van der Waals surface area contributed by atoms with Crippen LogP contribution in [-0.4, -0.2) is 41.7 Å². The lowest BCUT2D eigenvalue weighted by Gasteiger charge is -2.43. The van der Waals surface area contributed by atoms with Crippen LogP contribution in [0.1, 0.15) is 23.9 Å². The van der Waals surface area contributed by atoms with Crippen LogP contribution >= 0.6 is 11.3 Å². The first-order valence-corrected chi connectivity index (χ1v) is 7.03. The van der Waals surface area contributed by atoms with Crippen LogP contribution in [0.25, 0.3) is 0 Å². The van der Waals surface area contributed by atoms with Gasteiger partial charge in [0.25, 0.3) is 0 Å². The molecular formula is C12H18N2OS. The molecule has 3 nitrogen and oxygen atoms in total. The van der Waals surface area contributed by atoms with Gasteiger partial charge in [-0.25, -0.2) is 4.98 Å². The first kappa shape index (κ1) is 10.7. The van der Waals surface area contributed by atoms with Crippen molar-refractivity contribution in [1.82, 2.24) is 9.88 Å². The van der Waals surface area contributed by atoms with E-state index in [4.69, 9.17) is 4.74 Å². The molecule has 1 saturated heterocycles. The third-order valence-electron chi connectivity index (χ3n) is 3.63. The largest absolute Gasteiger partial charge is 0.375 e. The Morgan fingerprint density at radius 1 is 1.56 bits per heavy atom. The van der Waals surface area contributed by atoms with Gasteiger partial charge in [0.05, 0.1) is 23.9 Å². The predicted molar refractivity (Wildman–Crippen MR) is 64.9 cm³/mol. The summed E-state index contributed by atoms with van der Waals surface area (Å²) < 4.78 is 5.92. The van der Waals surface area contributed by atoms with E-state index in [2.05, 4.69) is 16.8 Å². The number of ether oxygens (including phenoxy) is 1. The van der Waals surface area contributed by atoms with Crippen LogP contribution in [0.4, 0.5) is 0 Å². The number of thiazole rings is 1. The Morgan fingerprint density at radius 3 is 3.38 bits per heavy atom. The molecule has 1 aromatic rings. The highest BCUT2D eigenvalue weighted by Crippen LogP contribution is 2.30. The van der Waals surface area contributed by atoms with Crippen molar-refractivity contribution in [1.29, 1.82) is 0 Å². The highest BCUT2D eigenvalue weighted by Gasteiger charge is 2.37. The van der Waals surface area contributed by atoms with Crippen LogP contribution in [0.2, 0.25) is 0 Å². The van der Waals surface area contributed by atoms with Crippen LogP contribution in [0, 0.1) is 0 Å². The average Bonchev–Trinajstić information content (AvgIpc) is 2.74. The summed E-state index contributed by atoms with van der Waals surface area (Å²) in [6.07, 6.45) is 3.80. The van der Waals surface area contributed by atoms with E-state index in [-0.39, 0.29) is 0 Å². The second kappa shape index (κ2) is 4.43. The van der Waals surface area contributed by atoms with Crippen LogP contribution in [0.15, 0.2) is 5.51 Å². The molecule has 1 aromatic heterocycles. The van der Waals surface area contributed by atoms with Crippen molar-refractivity contribution in [2.75, 3.05) is 19.7 Å². The van der Waals surface area contributed by atoms with E-state index in [1.807, 2.05) is 5.51 Å². The number of morpholine rings is 1. The normalized spacial score (nSPS) is 29.8. The molecule has 0 aromatic carbocycles. The highest BCUT2D eigenvalue weighted by molar-refractivity contribution is 7.09. The van der Waals surface area contributed by atoms with Crippen molar-refractivity contribution >= 4 is 11.3 Å². The molecular weight excluding hydrogens is 220 g/mol. The fraction of sp³-hybridized carbons (Fsp3) is 0.750. The van der Waals surface area contributed by atoms with Gasteiger partial charge in [-0.1, -0.05) is 6.92 Å². The number of nitrogens with zero attached hydrogens (tertiary/aromatic N) is 2. The lowest BCUT2D eigenvalue weighted by molar-refractivity contribution is -0.0737. The minimum atomic E-state index is 0.410. The van der Waals surface area contributed by atoms with Crippen LogP contribution in [0.5, 0.6) is 0 Å². The lowest BCUT2D eigenvalue weighted by atomic mass is 9.92. The SMILES string of the molecule is CCCN1CCO[C@@H]2Cc3scnc3C[C@H]21. The highest BCUT2D eigenvalue weighted by atomic mass is 32.1. The molecule has 0 bridgehead atoms. The van der Waals surface area contributed by atoms with E-state index in [9.17, 15) is 0 Å². The Labute approximate surface area is 100 Å². The molecule has 0 N–H and O–H groups in total. The van der Waals surface area contributed by atoms with Crippen molar-refractivity contribution in [3.05, 3.63) is 16.1 Å². The van der Waals surface area contributed by atoms with E-state index in [1.165, 1.54) is 23.5 Å². The fourth-order valence-corrected chi connectivity index (χ4v) is 3.70. The van der Waals surface area contributed by atoms with Gasteiger partial charge in [-0.3, -0.25) is 4.90 Å². The van der Waals surface area contributed by atoms with Gasteiger partial charge in [-0.2, -0.15) is 0 Å². The van der Waals surface area contributed by atoms with Gasteiger partial charge in [0, 0.05) is 30.3 Å². The van der Waals surface area contributed by atoms with E-state index in [0.717, 1.165) is 26.0 Å². The van der Waals surface area contributed by atoms with Crippen molar-refractivity contribution in [3.8, 4) is 0 Å². The van der Waals surface area contributed by atoms with E-state index < -0.39 is 0 Å². The molecule has 0 amide bonds. The zero-order chi connectivity index (χ0) is 11.0. The maximum absolute atomic E-state index is 5.92. The monoisotopic (exact) mass is 238 g/mol. The number of fused-ring (bicyclic) bond motifs is 2. The molecule has 0 saturated carbocycles. The smallest absolute Gasteiger partial charge is 0.0797 e. The molecule has 1 aliphatic carbocycles. The lowest BCUT2D eigenvalue weighted by Crippen LogP contribution is -2.54. The van der Waals surface area contributed by atoms with Crippen molar-refractivity contribution < 1.29 is 4.74 Å². The van der Waals surface area contributed by atoms with Gasteiger partial charge in [0.1, 0.15) is 0 Å². The topological polar surface area (TPSA) is 25.4 Å². The third kappa shape index (κ3) is 1.79. The number of hydrogen-bond donors (Lipinski definition) is 0. The van der Waals surface area contributed by atoms with Crippen molar-refractivity contribution in [2.24, 2.45) is 0 Å². The molecule has 0 unspecified atom stereocenters. The second-order valence-electron chi connectivity index (χ2n) is 4.64. The van der Waals surface area contributed by atoms with Crippen LogP contribution in [0.3, 0.4) is 0 Å². The Kier molecular flexibility index (Phi) is 2.96. The third-order valence-corrected chi connectivity index (χ3v) is 4.53. The summed E-state index contributed by atoms with van der Waals surface area (Å²) >= 11 is 1.79. The van der Waals surface area contributed by atoms with E-state index in [1.54, 1.807) is 11.3 Å². The average molecular weight is 238 g/mol. The van der Waals surface area contributed by atoms with E-state index in [0.29, 0.717) is 12.1 Å². The first-order chi connectivity index (χ1) is 7.88. The molecule has 4 heteroatoms. The second-order valence-corrected chi connectivity index (χ2v) is 5.58. The van der Waals surface area contributed by atoms with Gasteiger partial charge in [0.15, 0.2) is 0 Å². The number of rotatable bonds is 2. The summed E-state index contributed by atoms with van der Waals surface area (Å²) in [5, 5.41) is 0. The Hall–Kier alpha value is -0.450. The number of hydrogen-bond acceptors (Lipinski definition) is 4. The molecule has 1 fully saturated rings. The van der Waals surface area contributed by atoms with Gasteiger partial charge in [-0.05, 0) is 13.0 Å². The van der Waals surface area contributed by atoms with Crippen molar-refractivity contribution in [2.45, 2.75) is 38.3 Å². The van der Waals surface area contributed by atoms with Crippen LogP contribution < -0.4 is 0 Å². The first-order valence-electron chi connectivity index (χ1n) is 6.15. The fourth-order valence-electron chi connectivity index (χ4n) is 2.86. The summed E-state index contributed by atoms with van der Waals surface area (Å²) in [7, 11) is 0. The summed E-state index contributed by atoms with van der Waals surface area (Å²) in [6, 6.07) is 0.572. The maximum Gasteiger partial charge on any atom is 0.0797 e. The Bertz CT molecular complexity index is 364. The standard InChI is InChI=1S/C12H18N2OS/c1-2-3-14-4-5-15-11-7-12-9(6-10(11)14)13-8-16-12/h8,10-11H,2-7H2,1H3/t10-,11-/m1/s1. The number of aromatic nitrogens is 1. The van der Waals surface area contributed by atoms with Gasteiger partial charge >= 0.3 is 0 Å². The maximum atomic E-state index is 5.92. The molecule has 16 heavy (non-hydrogen) atoms. The summed E-state index contributed by atoms with van der Waals surface area (Å²) in [5.41, 5.74) is 3.30. The van der Waals surface area contributed by atoms with E-state index >= 15 is 0 Å².